The van der Waals surface area contributed by atoms with Crippen LogP contribution in [0.5, 0.6) is 17.2 Å². The van der Waals surface area contributed by atoms with E-state index in [2.05, 4.69) is 10.6 Å². The van der Waals surface area contributed by atoms with Gasteiger partial charge in [0.1, 0.15) is 17.2 Å². The molecule has 0 aromatic heterocycles. The van der Waals surface area contributed by atoms with E-state index in [0.717, 1.165) is 11.1 Å². The molecule has 0 fully saturated rings. The summed E-state index contributed by atoms with van der Waals surface area (Å²) >= 11 is 0. The van der Waals surface area contributed by atoms with Crippen molar-refractivity contribution >= 4 is 23.2 Å². The first-order chi connectivity index (χ1) is 18.6. The van der Waals surface area contributed by atoms with Crippen LogP contribution in [0.25, 0.3) is 11.1 Å². The van der Waals surface area contributed by atoms with E-state index in [-0.39, 0.29) is 18.4 Å². The zero-order valence-corrected chi connectivity index (χ0v) is 21.4. The van der Waals surface area contributed by atoms with Crippen molar-refractivity contribution in [3.63, 3.8) is 0 Å². The van der Waals surface area contributed by atoms with Crippen molar-refractivity contribution in [2.24, 2.45) is 0 Å². The molecule has 0 saturated heterocycles. The maximum atomic E-state index is 12.7. The molecule has 0 unspecified atom stereocenters. The molecule has 4 rings (SSSR count). The third-order valence-electron chi connectivity index (χ3n) is 5.57. The molecule has 0 radical (unpaired) electrons. The normalized spacial score (nSPS) is 10.4. The summed E-state index contributed by atoms with van der Waals surface area (Å²) in [5.41, 5.74) is 3.54. The number of nitrogens with one attached hydrogen (secondary N) is 2. The number of carbonyl (C=O) groups is 2. The minimum absolute atomic E-state index is 0.188. The number of carbonyl (C=O) groups excluding carboxylic acids is 2. The lowest BCUT2D eigenvalue weighted by Gasteiger charge is -2.18. The second-order valence-corrected chi connectivity index (χ2v) is 8.26. The summed E-state index contributed by atoms with van der Waals surface area (Å²) in [6.07, 6.45) is 0. The van der Waals surface area contributed by atoms with Gasteiger partial charge in [0.2, 0.25) is 0 Å². The molecular weight excluding hydrogens is 480 g/mol. The zero-order chi connectivity index (χ0) is 26.7. The summed E-state index contributed by atoms with van der Waals surface area (Å²) in [4.78, 5) is 25.5. The molecule has 194 valence electrons. The van der Waals surface area contributed by atoms with Gasteiger partial charge in [-0.1, -0.05) is 60.7 Å². The monoisotopic (exact) mass is 510 g/mol. The minimum Gasteiger partial charge on any atom is -0.492 e. The van der Waals surface area contributed by atoms with E-state index in [1.54, 1.807) is 36.4 Å². The molecule has 38 heavy (non-hydrogen) atoms. The SMILES string of the molecule is CCOc1cc(NC(=O)c2ccccc2)c(OCC)cc1NC(=O)COc1ccc(-c2ccccc2)cc1. The van der Waals surface area contributed by atoms with Crippen molar-refractivity contribution in [1.82, 2.24) is 0 Å². The Morgan fingerprint density at radius 2 is 1.16 bits per heavy atom. The number of hydrogen-bond donors (Lipinski definition) is 2. The molecule has 0 saturated carbocycles. The molecule has 0 aliphatic rings. The predicted octanol–water partition coefficient (Wildman–Crippen LogP) is 6.42. The molecule has 0 bridgehead atoms. The summed E-state index contributed by atoms with van der Waals surface area (Å²) in [5, 5.41) is 5.70. The van der Waals surface area contributed by atoms with Crippen molar-refractivity contribution in [2.75, 3.05) is 30.5 Å². The van der Waals surface area contributed by atoms with Gasteiger partial charge in [-0.3, -0.25) is 9.59 Å². The van der Waals surface area contributed by atoms with E-state index >= 15 is 0 Å². The predicted molar refractivity (Wildman–Crippen MR) is 149 cm³/mol. The Labute approximate surface area is 222 Å². The quantitative estimate of drug-likeness (QED) is 0.243. The Morgan fingerprint density at radius 3 is 1.74 bits per heavy atom. The Balaban J connectivity index is 1.45. The molecule has 4 aromatic rings. The molecule has 0 atom stereocenters. The van der Waals surface area contributed by atoms with Gasteiger partial charge in [0.05, 0.1) is 24.6 Å². The minimum atomic E-state index is -0.360. The molecule has 0 aliphatic carbocycles. The number of amides is 2. The van der Waals surface area contributed by atoms with Crippen molar-refractivity contribution in [3.05, 3.63) is 103 Å². The van der Waals surface area contributed by atoms with Gasteiger partial charge in [0.25, 0.3) is 11.8 Å². The summed E-state index contributed by atoms with van der Waals surface area (Å²) in [6.45, 7) is 4.23. The Hall–Kier alpha value is -4.78. The van der Waals surface area contributed by atoms with Gasteiger partial charge in [-0.15, -0.1) is 0 Å². The molecule has 0 aliphatic heterocycles. The molecular formula is C31H30N2O5. The highest BCUT2D eigenvalue weighted by Crippen LogP contribution is 2.37. The van der Waals surface area contributed by atoms with E-state index in [9.17, 15) is 9.59 Å². The third-order valence-corrected chi connectivity index (χ3v) is 5.57. The van der Waals surface area contributed by atoms with Crippen molar-refractivity contribution < 1.29 is 23.8 Å². The largest absolute Gasteiger partial charge is 0.492 e. The number of ether oxygens (including phenoxy) is 3. The van der Waals surface area contributed by atoms with Crippen LogP contribution in [-0.2, 0) is 4.79 Å². The maximum absolute atomic E-state index is 12.7. The van der Waals surface area contributed by atoms with Gasteiger partial charge in [0, 0.05) is 17.7 Å². The molecule has 2 amide bonds. The highest BCUT2D eigenvalue weighted by Gasteiger charge is 2.17. The highest BCUT2D eigenvalue weighted by atomic mass is 16.5. The smallest absolute Gasteiger partial charge is 0.262 e. The lowest BCUT2D eigenvalue weighted by Crippen LogP contribution is -2.21. The first-order valence-corrected chi connectivity index (χ1v) is 12.5. The van der Waals surface area contributed by atoms with Crippen molar-refractivity contribution in [2.45, 2.75) is 13.8 Å². The van der Waals surface area contributed by atoms with Crippen LogP contribution >= 0.6 is 0 Å². The lowest BCUT2D eigenvalue weighted by molar-refractivity contribution is -0.118. The number of rotatable bonds is 11. The van der Waals surface area contributed by atoms with Crippen LogP contribution in [-0.4, -0.2) is 31.6 Å². The standard InChI is InChI=1S/C31H30N2O5/c1-3-36-28-20-27(33-31(35)24-13-9-6-10-14-24)29(37-4-2)19-26(28)32-30(34)21-38-25-17-15-23(16-18-25)22-11-7-5-8-12-22/h5-20H,3-4,21H2,1-2H3,(H,32,34)(H,33,35). The van der Waals surface area contributed by atoms with Crippen LogP contribution in [0.3, 0.4) is 0 Å². The highest BCUT2D eigenvalue weighted by molar-refractivity contribution is 6.05. The Morgan fingerprint density at radius 1 is 0.632 bits per heavy atom. The van der Waals surface area contributed by atoms with E-state index < -0.39 is 0 Å². The molecule has 0 spiro atoms. The third kappa shape index (κ3) is 6.91. The molecule has 7 nitrogen and oxygen atoms in total. The number of benzene rings is 4. The van der Waals surface area contributed by atoms with Crippen LogP contribution in [0.1, 0.15) is 24.2 Å². The van der Waals surface area contributed by atoms with Crippen molar-refractivity contribution in [1.29, 1.82) is 0 Å². The number of anilines is 2. The fraction of sp³-hybridized carbons (Fsp3) is 0.161. The maximum Gasteiger partial charge on any atom is 0.262 e. The first-order valence-electron chi connectivity index (χ1n) is 12.5. The van der Waals surface area contributed by atoms with E-state index in [1.165, 1.54) is 0 Å². The van der Waals surface area contributed by atoms with Crippen molar-refractivity contribution in [3.8, 4) is 28.4 Å². The van der Waals surface area contributed by atoms with E-state index in [1.807, 2.05) is 74.5 Å². The molecule has 4 aromatic carbocycles. The lowest BCUT2D eigenvalue weighted by atomic mass is 10.1. The fourth-order valence-corrected chi connectivity index (χ4v) is 3.80. The Kier molecular flexibility index (Phi) is 8.97. The first kappa shape index (κ1) is 26.3. The summed E-state index contributed by atoms with van der Waals surface area (Å²) in [5.74, 6) is 0.755. The average Bonchev–Trinajstić information content (AvgIpc) is 2.95. The fourth-order valence-electron chi connectivity index (χ4n) is 3.80. The van der Waals surface area contributed by atoms with Gasteiger partial charge in [0.15, 0.2) is 6.61 Å². The van der Waals surface area contributed by atoms with Crippen LogP contribution in [0.4, 0.5) is 11.4 Å². The van der Waals surface area contributed by atoms with Gasteiger partial charge in [-0.05, 0) is 49.2 Å². The second kappa shape index (κ2) is 13.0. The summed E-state index contributed by atoms with van der Waals surface area (Å²) in [6, 6.07) is 29.8. The summed E-state index contributed by atoms with van der Waals surface area (Å²) in [7, 11) is 0. The van der Waals surface area contributed by atoms with E-state index in [0.29, 0.717) is 47.4 Å². The van der Waals surface area contributed by atoms with Crippen LogP contribution in [0, 0.1) is 0 Å². The summed E-state index contributed by atoms with van der Waals surface area (Å²) < 4.78 is 17.2. The van der Waals surface area contributed by atoms with Crippen LogP contribution in [0.15, 0.2) is 97.1 Å². The van der Waals surface area contributed by atoms with Gasteiger partial charge >= 0.3 is 0 Å². The molecule has 0 heterocycles. The van der Waals surface area contributed by atoms with Crippen LogP contribution in [0.2, 0.25) is 0 Å². The Bertz CT molecular complexity index is 1360. The van der Waals surface area contributed by atoms with E-state index in [4.69, 9.17) is 14.2 Å². The molecule has 7 heteroatoms. The zero-order valence-electron chi connectivity index (χ0n) is 21.4. The molecule has 2 N–H and O–H groups in total. The number of hydrogen-bond acceptors (Lipinski definition) is 5. The van der Waals surface area contributed by atoms with Gasteiger partial charge < -0.3 is 24.8 Å². The van der Waals surface area contributed by atoms with Gasteiger partial charge in [-0.25, -0.2) is 0 Å². The van der Waals surface area contributed by atoms with Crippen LogP contribution < -0.4 is 24.8 Å². The average molecular weight is 511 g/mol. The topological polar surface area (TPSA) is 85.9 Å². The second-order valence-electron chi connectivity index (χ2n) is 8.26. The van der Waals surface area contributed by atoms with Gasteiger partial charge in [-0.2, -0.15) is 0 Å².